The van der Waals surface area contributed by atoms with Crippen LogP contribution in [0.3, 0.4) is 0 Å². The van der Waals surface area contributed by atoms with Gasteiger partial charge in [0.15, 0.2) is 0 Å². The standard InChI is InChI=1S/C20H17F3N2O3/c1-18-7-8-19(2,28-18)14-13(18)16(26)25(17(14)27)12-6-9-24-15-10(12)4-3-5-11(15)20(21,22)23/h3-6,9,13-14H,7-8H2,1-2H3. The number of benzene rings is 1. The average molecular weight is 390 g/mol. The van der Waals surface area contributed by atoms with Crippen LogP contribution in [0.1, 0.15) is 32.3 Å². The van der Waals surface area contributed by atoms with Crippen molar-refractivity contribution in [2.45, 2.75) is 44.1 Å². The highest BCUT2D eigenvalue weighted by molar-refractivity contribution is 6.25. The van der Waals surface area contributed by atoms with Gasteiger partial charge in [0.05, 0.1) is 39.8 Å². The summed E-state index contributed by atoms with van der Waals surface area (Å²) in [6.07, 6.45) is -2.04. The molecule has 2 aromatic rings. The Balaban J connectivity index is 1.68. The zero-order valence-electron chi connectivity index (χ0n) is 15.2. The van der Waals surface area contributed by atoms with E-state index in [-0.39, 0.29) is 16.6 Å². The smallest absolute Gasteiger partial charge is 0.367 e. The second-order valence-electron chi connectivity index (χ2n) is 8.22. The first-order valence-electron chi connectivity index (χ1n) is 9.10. The van der Waals surface area contributed by atoms with E-state index >= 15 is 0 Å². The Kier molecular flexibility index (Phi) is 3.21. The molecule has 4 atom stereocenters. The van der Waals surface area contributed by atoms with Crippen LogP contribution >= 0.6 is 0 Å². The lowest BCUT2D eigenvalue weighted by molar-refractivity contribution is -0.136. The molecule has 5 rings (SSSR count). The van der Waals surface area contributed by atoms with Crippen LogP contribution in [-0.4, -0.2) is 28.0 Å². The summed E-state index contributed by atoms with van der Waals surface area (Å²) in [5.41, 5.74) is -2.47. The van der Waals surface area contributed by atoms with E-state index in [4.69, 9.17) is 4.74 Å². The molecule has 4 unspecified atom stereocenters. The van der Waals surface area contributed by atoms with Crippen LogP contribution in [0.25, 0.3) is 10.9 Å². The number of carbonyl (C=O) groups excluding carboxylic acids is 2. The molecule has 3 saturated heterocycles. The fourth-order valence-electron chi connectivity index (χ4n) is 5.29. The van der Waals surface area contributed by atoms with Gasteiger partial charge >= 0.3 is 6.18 Å². The second kappa shape index (κ2) is 5.11. The molecule has 0 saturated carbocycles. The maximum Gasteiger partial charge on any atom is 0.418 e. The number of rotatable bonds is 1. The molecule has 0 N–H and O–H groups in total. The molecule has 8 heteroatoms. The van der Waals surface area contributed by atoms with Gasteiger partial charge in [0.2, 0.25) is 11.8 Å². The number of para-hydroxylation sites is 1. The first-order valence-corrected chi connectivity index (χ1v) is 9.10. The predicted octanol–water partition coefficient (Wildman–Crippen LogP) is 3.70. The molecule has 1 aromatic carbocycles. The second-order valence-corrected chi connectivity index (χ2v) is 8.22. The van der Waals surface area contributed by atoms with E-state index in [2.05, 4.69) is 4.98 Å². The van der Waals surface area contributed by atoms with Crippen LogP contribution in [0.4, 0.5) is 18.9 Å². The third-order valence-corrected chi connectivity index (χ3v) is 6.50. The monoisotopic (exact) mass is 390 g/mol. The van der Waals surface area contributed by atoms with Gasteiger partial charge in [0.25, 0.3) is 0 Å². The Morgan fingerprint density at radius 1 is 1.07 bits per heavy atom. The van der Waals surface area contributed by atoms with Crippen molar-refractivity contribution in [2.75, 3.05) is 4.90 Å². The van der Waals surface area contributed by atoms with Crippen molar-refractivity contribution in [2.24, 2.45) is 11.8 Å². The van der Waals surface area contributed by atoms with Gasteiger partial charge in [0.1, 0.15) is 0 Å². The molecule has 146 valence electrons. The fraction of sp³-hybridized carbons (Fsp3) is 0.450. The van der Waals surface area contributed by atoms with Gasteiger partial charge in [-0.25, -0.2) is 4.90 Å². The van der Waals surface area contributed by atoms with Gasteiger partial charge in [-0.1, -0.05) is 12.1 Å². The number of hydrogen-bond donors (Lipinski definition) is 0. The molecule has 2 bridgehead atoms. The van der Waals surface area contributed by atoms with Crippen LogP contribution < -0.4 is 4.90 Å². The molecule has 5 nitrogen and oxygen atoms in total. The van der Waals surface area contributed by atoms with Gasteiger partial charge in [-0.2, -0.15) is 13.2 Å². The number of imide groups is 1. The summed E-state index contributed by atoms with van der Waals surface area (Å²) in [5.74, 6) is -2.06. The normalized spacial score (nSPS) is 34.5. The van der Waals surface area contributed by atoms with Crippen LogP contribution in [0.2, 0.25) is 0 Å². The Morgan fingerprint density at radius 2 is 1.68 bits per heavy atom. The van der Waals surface area contributed by atoms with Gasteiger partial charge in [-0.15, -0.1) is 0 Å². The Hall–Kier alpha value is -2.48. The number of carbonyl (C=O) groups is 2. The number of hydrogen-bond acceptors (Lipinski definition) is 4. The Bertz CT molecular complexity index is 1020. The molecule has 1 aromatic heterocycles. The number of nitrogens with zero attached hydrogens (tertiary/aromatic N) is 2. The first-order chi connectivity index (χ1) is 13.1. The van der Waals surface area contributed by atoms with E-state index in [0.717, 1.165) is 11.0 Å². The summed E-state index contributed by atoms with van der Waals surface area (Å²) >= 11 is 0. The molecule has 4 heterocycles. The van der Waals surface area contributed by atoms with Gasteiger partial charge in [-0.05, 0) is 38.8 Å². The molecule has 0 aliphatic carbocycles. The first kappa shape index (κ1) is 17.6. The summed E-state index contributed by atoms with van der Waals surface area (Å²) in [5, 5.41) is 0.127. The topological polar surface area (TPSA) is 59.5 Å². The van der Waals surface area contributed by atoms with Crippen molar-refractivity contribution in [3.8, 4) is 0 Å². The highest BCUT2D eigenvalue weighted by Gasteiger charge is 2.72. The number of amides is 2. The molecule has 3 fully saturated rings. The third kappa shape index (κ3) is 2.04. The van der Waals surface area contributed by atoms with Gasteiger partial charge in [-0.3, -0.25) is 14.6 Å². The Morgan fingerprint density at radius 3 is 2.25 bits per heavy atom. The molecule has 3 aliphatic rings. The summed E-state index contributed by atoms with van der Waals surface area (Å²) in [7, 11) is 0. The number of fused-ring (bicyclic) bond motifs is 6. The van der Waals surface area contributed by atoms with Crippen molar-refractivity contribution in [3.05, 3.63) is 36.0 Å². The minimum absolute atomic E-state index is 0.127. The number of ether oxygens (including phenoxy) is 1. The minimum atomic E-state index is -4.59. The molecule has 2 amide bonds. The van der Waals surface area contributed by atoms with Crippen LogP contribution in [0.15, 0.2) is 30.5 Å². The van der Waals surface area contributed by atoms with Crippen molar-refractivity contribution < 1.29 is 27.5 Å². The maximum absolute atomic E-state index is 13.4. The number of aromatic nitrogens is 1. The summed E-state index contributed by atoms with van der Waals surface area (Å²) in [6, 6.07) is 5.08. The van der Waals surface area contributed by atoms with Crippen LogP contribution in [-0.2, 0) is 20.5 Å². The SMILES string of the molecule is CC12CCC(C)(O1)C1C(=O)N(c3ccnc4c(C(F)(F)F)cccc34)C(=O)C12. The van der Waals surface area contributed by atoms with E-state index in [0.29, 0.717) is 12.8 Å². The molecule has 3 aliphatic heterocycles. The highest BCUT2D eigenvalue weighted by atomic mass is 19.4. The Labute approximate surface area is 158 Å². The number of anilines is 1. The van der Waals surface area contributed by atoms with Crippen molar-refractivity contribution in [1.29, 1.82) is 0 Å². The van der Waals surface area contributed by atoms with E-state index < -0.39 is 46.6 Å². The zero-order valence-corrected chi connectivity index (χ0v) is 15.2. The average Bonchev–Trinajstić information content (AvgIpc) is 3.17. The van der Waals surface area contributed by atoms with Gasteiger partial charge < -0.3 is 4.74 Å². The number of pyridine rings is 1. The van der Waals surface area contributed by atoms with Crippen molar-refractivity contribution >= 4 is 28.4 Å². The largest absolute Gasteiger partial charge is 0.418 e. The van der Waals surface area contributed by atoms with E-state index in [1.54, 1.807) is 0 Å². The van der Waals surface area contributed by atoms with Crippen molar-refractivity contribution in [3.63, 3.8) is 0 Å². The highest BCUT2D eigenvalue weighted by Crippen LogP contribution is 2.61. The van der Waals surface area contributed by atoms with E-state index in [1.807, 2.05) is 13.8 Å². The molecule has 0 spiro atoms. The molecular weight excluding hydrogens is 373 g/mol. The zero-order chi connectivity index (χ0) is 20.1. The summed E-state index contributed by atoms with van der Waals surface area (Å²) in [6.45, 7) is 3.67. The third-order valence-electron chi connectivity index (χ3n) is 6.50. The molecule has 28 heavy (non-hydrogen) atoms. The van der Waals surface area contributed by atoms with E-state index in [1.165, 1.54) is 24.4 Å². The lowest BCUT2D eigenvalue weighted by Gasteiger charge is -2.27. The number of alkyl halides is 3. The lowest BCUT2D eigenvalue weighted by Crippen LogP contribution is -2.40. The van der Waals surface area contributed by atoms with E-state index in [9.17, 15) is 22.8 Å². The fourth-order valence-corrected chi connectivity index (χ4v) is 5.29. The maximum atomic E-state index is 13.4. The van der Waals surface area contributed by atoms with Crippen molar-refractivity contribution in [1.82, 2.24) is 4.98 Å². The van der Waals surface area contributed by atoms with Crippen LogP contribution in [0, 0.1) is 11.8 Å². The van der Waals surface area contributed by atoms with Gasteiger partial charge in [0, 0.05) is 11.6 Å². The van der Waals surface area contributed by atoms with Crippen LogP contribution in [0.5, 0.6) is 0 Å². The molecule has 0 radical (unpaired) electrons. The summed E-state index contributed by atoms with van der Waals surface area (Å²) < 4.78 is 46.2. The predicted molar refractivity (Wildman–Crippen MR) is 93.3 cm³/mol. The number of halogens is 3. The molecular formula is C20H17F3N2O3. The minimum Gasteiger partial charge on any atom is -0.367 e. The quantitative estimate of drug-likeness (QED) is 0.697. The lowest BCUT2D eigenvalue weighted by atomic mass is 9.69. The summed E-state index contributed by atoms with van der Waals surface area (Å²) in [4.78, 5) is 31.4.